The lowest BCUT2D eigenvalue weighted by Crippen LogP contribution is -2.03. The van der Waals surface area contributed by atoms with Gasteiger partial charge in [0.05, 0.1) is 6.54 Å². The van der Waals surface area contributed by atoms with Crippen LogP contribution in [0.3, 0.4) is 0 Å². The first-order valence-electron chi connectivity index (χ1n) is 5.57. The molecule has 0 saturated carbocycles. The highest BCUT2D eigenvalue weighted by Crippen LogP contribution is 2.31. The number of anilines is 1. The first-order valence-corrected chi connectivity index (χ1v) is 6.39. The van der Waals surface area contributed by atoms with Gasteiger partial charge >= 0.3 is 6.18 Å². The van der Waals surface area contributed by atoms with E-state index in [9.17, 15) is 13.2 Å². The van der Waals surface area contributed by atoms with Crippen LogP contribution in [0.1, 0.15) is 21.1 Å². The summed E-state index contributed by atoms with van der Waals surface area (Å²) in [5.41, 5.74) is 3.01. The van der Waals surface area contributed by atoms with Crippen molar-refractivity contribution in [2.24, 2.45) is 0 Å². The van der Waals surface area contributed by atoms with Crippen LogP contribution in [-0.2, 0) is 12.7 Å². The SMILES string of the molecule is Cc1cccc(C)c1NCc1nnc(C(F)(F)F)s1. The number of aromatic nitrogens is 2. The molecule has 0 aliphatic heterocycles. The van der Waals surface area contributed by atoms with Crippen molar-refractivity contribution in [2.45, 2.75) is 26.6 Å². The Bertz CT molecular complexity index is 558. The molecular formula is C12H12F3N3S. The summed E-state index contributed by atoms with van der Waals surface area (Å²) in [5.74, 6) is 0. The van der Waals surface area contributed by atoms with Crippen LogP contribution in [0.25, 0.3) is 0 Å². The normalized spacial score (nSPS) is 11.6. The van der Waals surface area contributed by atoms with E-state index in [0.717, 1.165) is 16.8 Å². The Kier molecular flexibility index (Phi) is 3.75. The summed E-state index contributed by atoms with van der Waals surface area (Å²) < 4.78 is 37.1. The molecule has 1 N–H and O–H groups in total. The summed E-state index contributed by atoms with van der Waals surface area (Å²) in [7, 11) is 0. The van der Waals surface area contributed by atoms with Crippen LogP contribution >= 0.6 is 11.3 Å². The van der Waals surface area contributed by atoms with Crippen LogP contribution in [0.2, 0.25) is 0 Å². The zero-order valence-corrected chi connectivity index (χ0v) is 11.2. The van der Waals surface area contributed by atoms with Crippen molar-refractivity contribution >= 4 is 17.0 Å². The van der Waals surface area contributed by atoms with Gasteiger partial charge in [-0.05, 0) is 25.0 Å². The lowest BCUT2D eigenvalue weighted by molar-refractivity contribution is -0.138. The molecule has 102 valence electrons. The fourth-order valence-corrected chi connectivity index (χ4v) is 2.34. The van der Waals surface area contributed by atoms with E-state index in [2.05, 4.69) is 15.5 Å². The fourth-order valence-electron chi connectivity index (χ4n) is 1.70. The molecule has 0 saturated heterocycles. The van der Waals surface area contributed by atoms with Crippen LogP contribution in [-0.4, -0.2) is 10.2 Å². The number of rotatable bonds is 3. The zero-order chi connectivity index (χ0) is 14.0. The van der Waals surface area contributed by atoms with E-state index in [-0.39, 0.29) is 6.54 Å². The predicted octanol–water partition coefficient (Wildman–Crippen LogP) is 3.79. The summed E-state index contributed by atoms with van der Waals surface area (Å²) >= 11 is 0.561. The number of hydrogen-bond donors (Lipinski definition) is 1. The topological polar surface area (TPSA) is 37.8 Å². The van der Waals surface area contributed by atoms with E-state index in [4.69, 9.17) is 0 Å². The number of para-hydroxylation sites is 1. The number of benzene rings is 1. The van der Waals surface area contributed by atoms with Crippen molar-refractivity contribution in [2.75, 3.05) is 5.32 Å². The fraction of sp³-hybridized carbons (Fsp3) is 0.333. The van der Waals surface area contributed by atoms with Crippen molar-refractivity contribution in [3.63, 3.8) is 0 Å². The Hall–Kier alpha value is -1.63. The van der Waals surface area contributed by atoms with Gasteiger partial charge in [0.2, 0.25) is 5.01 Å². The van der Waals surface area contributed by atoms with Gasteiger partial charge in [0.15, 0.2) is 0 Å². The molecule has 0 aliphatic carbocycles. The summed E-state index contributed by atoms with van der Waals surface area (Å²) in [6.45, 7) is 4.12. The van der Waals surface area contributed by atoms with Crippen molar-refractivity contribution in [1.82, 2.24) is 10.2 Å². The molecule has 0 fully saturated rings. The molecule has 0 bridgehead atoms. The molecule has 0 spiro atoms. The third-order valence-electron chi connectivity index (χ3n) is 2.61. The lowest BCUT2D eigenvalue weighted by Gasteiger charge is -2.10. The minimum Gasteiger partial charge on any atom is -0.378 e. The second-order valence-electron chi connectivity index (χ2n) is 4.12. The summed E-state index contributed by atoms with van der Waals surface area (Å²) in [5, 5.41) is 9.20. The highest BCUT2D eigenvalue weighted by molar-refractivity contribution is 7.11. The maximum Gasteiger partial charge on any atom is 0.445 e. The predicted molar refractivity (Wildman–Crippen MR) is 68.2 cm³/mol. The van der Waals surface area contributed by atoms with Crippen molar-refractivity contribution < 1.29 is 13.2 Å². The molecule has 3 nitrogen and oxygen atoms in total. The average Bonchev–Trinajstić information content (AvgIpc) is 2.77. The smallest absolute Gasteiger partial charge is 0.378 e. The van der Waals surface area contributed by atoms with Crippen LogP contribution in [0, 0.1) is 13.8 Å². The number of aryl methyl sites for hydroxylation is 2. The molecular weight excluding hydrogens is 275 g/mol. The molecule has 1 aromatic carbocycles. The highest BCUT2D eigenvalue weighted by atomic mass is 32.1. The van der Waals surface area contributed by atoms with E-state index in [0.29, 0.717) is 16.3 Å². The number of hydrogen-bond acceptors (Lipinski definition) is 4. The monoisotopic (exact) mass is 287 g/mol. The van der Waals surface area contributed by atoms with E-state index in [1.165, 1.54) is 0 Å². The maximum absolute atomic E-state index is 12.4. The van der Waals surface area contributed by atoms with Crippen LogP contribution in [0.4, 0.5) is 18.9 Å². The van der Waals surface area contributed by atoms with E-state index in [1.807, 2.05) is 32.0 Å². The van der Waals surface area contributed by atoms with Gasteiger partial charge in [-0.1, -0.05) is 29.5 Å². The number of nitrogens with one attached hydrogen (secondary N) is 1. The van der Waals surface area contributed by atoms with E-state index >= 15 is 0 Å². The van der Waals surface area contributed by atoms with Gasteiger partial charge < -0.3 is 5.32 Å². The minimum absolute atomic E-state index is 0.236. The van der Waals surface area contributed by atoms with Gasteiger partial charge in [0.25, 0.3) is 0 Å². The maximum atomic E-state index is 12.4. The Morgan fingerprint density at radius 3 is 2.32 bits per heavy atom. The van der Waals surface area contributed by atoms with Gasteiger partial charge in [-0.25, -0.2) is 0 Å². The van der Waals surface area contributed by atoms with Crippen molar-refractivity contribution in [3.05, 3.63) is 39.3 Å². The molecule has 0 amide bonds. The zero-order valence-electron chi connectivity index (χ0n) is 10.4. The Labute approximate surface area is 112 Å². The highest BCUT2D eigenvalue weighted by Gasteiger charge is 2.35. The molecule has 0 atom stereocenters. The van der Waals surface area contributed by atoms with Gasteiger partial charge in [-0.3, -0.25) is 0 Å². The van der Waals surface area contributed by atoms with Crippen molar-refractivity contribution in [3.8, 4) is 0 Å². The molecule has 0 unspecified atom stereocenters. The summed E-state index contributed by atoms with van der Waals surface area (Å²) in [6, 6.07) is 5.82. The Morgan fingerprint density at radius 1 is 1.16 bits per heavy atom. The number of alkyl halides is 3. The van der Waals surface area contributed by atoms with Crippen LogP contribution < -0.4 is 5.32 Å². The van der Waals surface area contributed by atoms with Gasteiger partial charge in [0.1, 0.15) is 5.01 Å². The van der Waals surface area contributed by atoms with Crippen LogP contribution in [0.15, 0.2) is 18.2 Å². The first-order chi connectivity index (χ1) is 8.88. The van der Waals surface area contributed by atoms with Gasteiger partial charge in [-0.2, -0.15) is 13.2 Å². The molecule has 1 heterocycles. The Balaban J connectivity index is 2.09. The number of nitrogens with zero attached hydrogens (tertiary/aromatic N) is 2. The average molecular weight is 287 g/mol. The lowest BCUT2D eigenvalue weighted by atomic mass is 10.1. The van der Waals surface area contributed by atoms with E-state index in [1.54, 1.807) is 0 Å². The minimum atomic E-state index is -4.42. The second-order valence-corrected chi connectivity index (χ2v) is 5.18. The summed E-state index contributed by atoms with van der Waals surface area (Å²) in [4.78, 5) is 0. The molecule has 7 heteroatoms. The number of halogens is 3. The quantitative estimate of drug-likeness (QED) is 0.933. The molecule has 0 aliphatic rings. The molecule has 2 rings (SSSR count). The second kappa shape index (κ2) is 5.16. The summed E-state index contributed by atoms with van der Waals surface area (Å²) in [6.07, 6.45) is -4.42. The van der Waals surface area contributed by atoms with Crippen molar-refractivity contribution in [1.29, 1.82) is 0 Å². The molecule has 1 aromatic heterocycles. The Morgan fingerprint density at radius 2 is 1.79 bits per heavy atom. The standard InChI is InChI=1S/C12H12F3N3S/c1-7-4-3-5-8(2)10(7)16-6-9-17-18-11(19-9)12(13,14)15/h3-5,16H,6H2,1-2H3. The van der Waals surface area contributed by atoms with Gasteiger partial charge in [0, 0.05) is 5.69 Å². The molecule has 19 heavy (non-hydrogen) atoms. The largest absolute Gasteiger partial charge is 0.445 e. The van der Waals surface area contributed by atoms with Gasteiger partial charge in [-0.15, -0.1) is 10.2 Å². The third kappa shape index (κ3) is 3.23. The first kappa shape index (κ1) is 13.8. The molecule has 2 aromatic rings. The third-order valence-corrected chi connectivity index (χ3v) is 3.57. The van der Waals surface area contributed by atoms with E-state index < -0.39 is 11.2 Å². The van der Waals surface area contributed by atoms with Crippen LogP contribution in [0.5, 0.6) is 0 Å². The molecule has 0 radical (unpaired) electrons.